The van der Waals surface area contributed by atoms with Gasteiger partial charge in [0.2, 0.25) is 0 Å². The summed E-state index contributed by atoms with van der Waals surface area (Å²) >= 11 is 0. The molecular formula is C18H6F33O4P. The first-order chi connectivity index (χ1) is 23.5. The zero-order valence-corrected chi connectivity index (χ0v) is 24.9. The van der Waals surface area contributed by atoms with Crippen LogP contribution in [0.25, 0.3) is 0 Å². The lowest BCUT2D eigenvalue weighted by Gasteiger charge is -2.47. The first-order valence-electron chi connectivity index (χ1n) is 11.9. The van der Waals surface area contributed by atoms with Crippen molar-refractivity contribution >= 4 is 7.82 Å². The van der Waals surface area contributed by atoms with E-state index in [0.29, 0.717) is 0 Å². The van der Waals surface area contributed by atoms with Crippen LogP contribution in [0.15, 0.2) is 0 Å². The molecule has 0 atom stereocenters. The lowest BCUT2D eigenvalue weighted by atomic mass is 9.82. The maximum Gasteiger partial charge on any atom is 0.469 e. The van der Waals surface area contributed by atoms with Crippen molar-refractivity contribution in [3.8, 4) is 0 Å². The normalized spacial score (nSPS) is 17.1. The smallest absolute Gasteiger partial charge is 0.303 e. The summed E-state index contributed by atoms with van der Waals surface area (Å²) in [5.74, 6) is -144. The lowest BCUT2D eigenvalue weighted by Crippen LogP contribution is -2.80. The van der Waals surface area contributed by atoms with Crippen LogP contribution in [0.1, 0.15) is 6.42 Å². The quantitative estimate of drug-likeness (QED) is 0.106. The average Bonchev–Trinajstić information content (AvgIpc) is 2.94. The highest BCUT2D eigenvalue weighted by Crippen LogP contribution is 2.70. The number of hydrogen-bond donors (Lipinski definition) is 2. The summed E-state index contributed by atoms with van der Waals surface area (Å²) in [5.41, 5.74) is 0. The Labute approximate surface area is 281 Å². The highest BCUT2D eigenvalue weighted by molar-refractivity contribution is 7.46. The summed E-state index contributed by atoms with van der Waals surface area (Å²) in [6, 6.07) is 0. The zero-order valence-electron chi connectivity index (χ0n) is 24.0. The van der Waals surface area contributed by atoms with E-state index in [0.717, 1.165) is 0 Å². The second-order valence-corrected chi connectivity index (χ2v) is 11.6. The molecule has 0 unspecified atom stereocenters. The van der Waals surface area contributed by atoms with Crippen LogP contribution in [0.5, 0.6) is 0 Å². The monoisotopic (exact) mass is 944 g/mol. The third-order valence-electron chi connectivity index (χ3n) is 6.62. The molecule has 0 fully saturated rings. The molecule has 56 heavy (non-hydrogen) atoms. The van der Waals surface area contributed by atoms with E-state index in [2.05, 4.69) is 4.52 Å². The van der Waals surface area contributed by atoms with E-state index in [1.807, 2.05) is 0 Å². The van der Waals surface area contributed by atoms with E-state index in [9.17, 15) is 149 Å². The number of halogens is 33. The Balaban J connectivity index is 7.61. The first kappa shape index (κ1) is 53.8. The number of phosphoric acid groups is 1. The van der Waals surface area contributed by atoms with Gasteiger partial charge in [0, 0.05) is 6.42 Å². The molecule has 4 nitrogen and oxygen atoms in total. The molecule has 0 saturated heterocycles. The van der Waals surface area contributed by atoms with E-state index >= 15 is 0 Å². The van der Waals surface area contributed by atoms with Crippen LogP contribution in [-0.2, 0) is 9.09 Å². The van der Waals surface area contributed by atoms with Crippen molar-refractivity contribution in [3.63, 3.8) is 0 Å². The van der Waals surface area contributed by atoms with Crippen LogP contribution in [0.4, 0.5) is 145 Å². The highest BCUT2D eigenvalue weighted by atomic mass is 31.2. The second kappa shape index (κ2) is 13.4. The molecular weight excluding hydrogens is 938 g/mol. The Morgan fingerprint density at radius 2 is 0.464 bits per heavy atom. The van der Waals surface area contributed by atoms with Gasteiger partial charge in [0.1, 0.15) is 0 Å². The molecule has 0 aromatic heterocycles. The maximum atomic E-state index is 13.9. The topological polar surface area (TPSA) is 66.8 Å². The van der Waals surface area contributed by atoms with Crippen molar-refractivity contribution in [1.82, 2.24) is 0 Å². The van der Waals surface area contributed by atoms with Crippen molar-refractivity contribution in [1.29, 1.82) is 0 Å². The predicted octanol–water partition coefficient (Wildman–Crippen LogP) is 10.6. The van der Waals surface area contributed by atoms with Gasteiger partial charge in [-0.3, -0.25) is 4.52 Å². The molecule has 0 bridgehead atoms. The summed E-state index contributed by atoms with van der Waals surface area (Å²) in [7, 11) is -6.17. The molecule has 0 aromatic carbocycles. The lowest BCUT2D eigenvalue weighted by molar-refractivity contribution is -0.491. The molecule has 2 N–H and O–H groups in total. The van der Waals surface area contributed by atoms with Crippen molar-refractivity contribution in [3.05, 3.63) is 0 Å². The molecule has 0 amide bonds. The SMILES string of the molecule is O=P(O)(O)OCCC(F)(F)C(F)(F)C(F)(F)C(F)(F)C(F)(F)C(F)(F)C(F)(F)C(F)(F)C(F)(F)C(F)(F)C(F)(F)C(F)(F)C(F)(F)C(F)(F)C(F)(F)C(F)(F)F. The van der Waals surface area contributed by atoms with Crippen LogP contribution in [-0.4, -0.2) is 111 Å². The van der Waals surface area contributed by atoms with Crippen LogP contribution >= 0.6 is 7.82 Å². The minimum Gasteiger partial charge on any atom is -0.303 e. The summed E-state index contributed by atoms with van der Waals surface area (Å²) in [4.78, 5) is 16.3. The number of hydrogen-bond acceptors (Lipinski definition) is 2. The van der Waals surface area contributed by atoms with Crippen LogP contribution in [0.2, 0.25) is 0 Å². The van der Waals surface area contributed by atoms with E-state index < -0.39 is 116 Å². The second-order valence-electron chi connectivity index (χ2n) is 10.3. The van der Waals surface area contributed by atoms with Gasteiger partial charge in [-0.05, 0) is 0 Å². The largest absolute Gasteiger partial charge is 0.469 e. The van der Waals surface area contributed by atoms with Crippen LogP contribution in [0, 0.1) is 0 Å². The molecule has 0 aliphatic carbocycles. The summed E-state index contributed by atoms with van der Waals surface area (Å²) in [6.07, 6.45) is -12.0. The average molecular weight is 944 g/mol. The van der Waals surface area contributed by atoms with Gasteiger partial charge < -0.3 is 9.79 Å². The standard InChI is InChI=1S/C18H6F33O4P/c19-3(20,1-2-55-56(52,53)54)4(21,22)5(23,24)6(25,26)7(27,28)8(29,30)9(31,32)10(33,34)11(35,36)12(37,38)13(39,40)14(41,42)15(43,44)16(45,46)17(47,48)18(49,50)51/h1-2H2,(H2,52,53,54). The molecule has 338 valence electrons. The van der Waals surface area contributed by atoms with E-state index in [1.54, 1.807) is 0 Å². The molecule has 0 aliphatic rings. The fourth-order valence-corrected chi connectivity index (χ4v) is 3.55. The Morgan fingerprint density at radius 1 is 0.304 bits per heavy atom. The maximum absolute atomic E-state index is 13.9. The van der Waals surface area contributed by atoms with Gasteiger partial charge in [-0.25, -0.2) is 4.57 Å². The first-order valence-corrected chi connectivity index (χ1v) is 13.4. The number of alkyl halides is 33. The summed E-state index contributed by atoms with van der Waals surface area (Å²) < 4.78 is 459. The molecule has 0 spiro atoms. The van der Waals surface area contributed by atoms with Gasteiger partial charge >= 0.3 is 103 Å². The zero-order chi connectivity index (χ0) is 46.6. The summed E-state index contributed by atoms with van der Waals surface area (Å²) in [5, 5.41) is 0. The number of phosphoric ester groups is 1. The molecule has 0 heterocycles. The van der Waals surface area contributed by atoms with Gasteiger partial charge in [0.05, 0.1) is 6.61 Å². The van der Waals surface area contributed by atoms with E-state index in [1.165, 1.54) is 0 Å². The van der Waals surface area contributed by atoms with Crippen LogP contribution < -0.4 is 0 Å². The Morgan fingerprint density at radius 3 is 0.625 bits per heavy atom. The van der Waals surface area contributed by atoms with Gasteiger partial charge in [-0.1, -0.05) is 0 Å². The number of rotatable bonds is 18. The van der Waals surface area contributed by atoms with Crippen molar-refractivity contribution < 1.29 is 164 Å². The third-order valence-corrected chi connectivity index (χ3v) is 7.14. The Hall–Kier alpha value is -2.20. The fourth-order valence-electron chi connectivity index (χ4n) is 3.22. The predicted molar refractivity (Wildman–Crippen MR) is 103 cm³/mol. The fraction of sp³-hybridized carbons (Fsp3) is 1.00. The third kappa shape index (κ3) is 6.74. The van der Waals surface area contributed by atoms with E-state index in [4.69, 9.17) is 9.79 Å². The molecule has 38 heteroatoms. The molecule has 0 radical (unpaired) electrons. The van der Waals surface area contributed by atoms with Crippen molar-refractivity contribution in [2.24, 2.45) is 0 Å². The van der Waals surface area contributed by atoms with Gasteiger partial charge in [0.15, 0.2) is 0 Å². The molecule has 0 aliphatic heterocycles. The van der Waals surface area contributed by atoms with Crippen LogP contribution in [0.3, 0.4) is 0 Å². The Bertz CT molecular complexity index is 1470. The van der Waals surface area contributed by atoms with Gasteiger partial charge in [-0.2, -0.15) is 145 Å². The Kier molecular flexibility index (Phi) is 12.9. The van der Waals surface area contributed by atoms with Crippen molar-refractivity contribution in [2.45, 2.75) is 101 Å². The minimum atomic E-state index is -10.3. The minimum absolute atomic E-state index is 2.79. The van der Waals surface area contributed by atoms with Gasteiger partial charge in [0.25, 0.3) is 0 Å². The van der Waals surface area contributed by atoms with E-state index in [-0.39, 0.29) is 0 Å². The van der Waals surface area contributed by atoms with Gasteiger partial charge in [-0.15, -0.1) is 0 Å². The molecule has 0 aromatic rings. The molecule has 0 rings (SSSR count). The van der Waals surface area contributed by atoms with Crippen molar-refractivity contribution in [2.75, 3.05) is 6.61 Å². The molecule has 0 saturated carbocycles. The summed E-state index contributed by atoms with van der Waals surface area (Å²) in [6.45, 7) is -2.79. The highest BCUT2D eigenvalue weighted by Gasteiger charge is 3.01.